The van der Waals surface area contributed by atoms with E-state index in [0.29, 0.717) is 10.9 Å². The van der Waals surface area contributed by atoms with Crippen LogP contribution in [0.2, 0.25) is 0 Å². The normalized spacial score (nSPS) is 36.9. The van der Waals surface area contributed by atoms with Crippen LogP contribution in [0.4, 0.5) is 0 Å². The summed E-state index contributed by atoms with van der Waals surface area (Å²) < 4.78 is 1.42. The van der Waals surface area contributed by atoms with E-state index in [2.05, 4.69) is 0 Å². The summed E-state index contributed by atoms with van der Waals surface area (Å²) in [5.74, 6) is -1.03. The summed E-state index contributed by atoms with van der Waals surface area (Å²) in [5, 5.41) is 20.9. The number of aromatic nitrogens is 1. The van der Waals surface area contributed by atoms with Crippen molar-refractivity contribution >= 4 is 50.1 Å². The van der Waals surface area contributed by atoms with Crippen molar-refractivity contribution in [2.45, 2.75) is 35.1 Å². The minimum atomic E-state index is -1.18. The van der Waals surface area contributed by atoms with Crippen molar-refractivity contribution in [2.24, 2.45) is 5.92 Å². The smallest absolute Gasteiger partial charge is 0.272 e. The molecule has 9 heteroatoms. The SMILES string of the molecule is O=C1C[C@H]2SS[C@@]34C[C@@H]1[C@@H]([C@H]2O)N3C(=O)c1cc2cc(O)ccc2n1C4=O. The number of ketones is 1. The molecule has 5 atom stereocenters. The highest BCUT2D eigenvalue weighted by atomic mass is 33.1. The van der Waals surface area contributed by atoms with Gasteiger partial charge >= 0.3 is 0 Å². The molecule has 2 N–H and O–H groups in total. The largest absolute Gasteiger partial charge is 0.508 e. The molecular formula is C18H14N2O5S2. The van der Waals surface area contributed by atoms with Gasteiger partial charge in [0.25, 0.3) is 11.8 Å². The first kappa shape index (κ1) is 16.0. The number of Topliss-reactive ketones (excluding diaryl/α,β-unsaturated/α-hetero) is 1. The molecule has 27 heavy (non-hydrogen) atoms. The van der Waals surface area contributed by atoms with E-state index in [9.17, 15) is 24.6 Å². The number of hydrogen-bond donors (Lipinski definition) is 2. The van der Waals surface area contributed by atoms with Gasteiger partial charge in [-0.2, -0.15) is 0 Å². The van der Waals surface area contributed by atoms with Gasteiger partial charge in [0.2, 0.25) is 0 Å². The molecule has 1 aromatic heterocycles. The predicted octanol–water partition coefficient (Wildman–Crippen LogP) is 1.62. The molecule has 3 fully saturated rings. The monoisotopic (exact) mass is 402 g/mol. The number of carbonyl (C=O) groups excluding carboxylic acids is 3. The fraction of sp³-hybridized carbons (Fsp3) is 0.389. The standard InChI is InChI=1S/C18H14N2O5S2/c21-8-1-2-10-7(3-8)4-11-16(24)20-14-9-6-18(20,17(25)19(10)11)27-26-13(15(14)23)5-12(9)22/h1-4,9,13-15,21,23H,5-6H2/t9-,13+,14-,15-,18+/m0/s1. The lowest BCUT2D eigenvalue weighted by Gasteiger charge is -2.41. The minimum Gasteiger partial charge on any atom is -0.508 e. The van der Waals surface area contributed by atoms with E-state index >= 15 is 0 Å². The van der Waals surface area contributed by atoms with Crippen molar-refractivity contribution in [1.29, 1.82) is 0 Å². The zero-order valence-electron chi connectivity index (χ0n) is 13.9. The number of hydrogen-bond acceptors (Lipinski definition) is 7. The molecule has 2 saturated heterocycles. The molecule has 1 aliphatic carbocycles. The summed E-state index contributed by atoms with van der Waals surface area (Å²) in [6, 6.07) is 5.56. The summed E-state index contributed by atoms with van der Waals surface area (Å²) in [6.45, 7) is 0. The van der Waals surface area contributed by atoms with Gasteiger partial charge in [0.1, 0.15) is 17.2 Å². The molecule has 0 spiro atoms. The van der Waals surface area contributed by atoms with Crippen LogP contribution in [-0.4, -0.2) is 59.5 Å². The molecule has 3 bridgehead atoms. The molecule has 7 nitrogen and oxygen atoms in total. The third kappa shape index (κ3) is 1.73. The second-order valence-corrected chi connectivity index (χ2v) is 10.3. The lowest BCUT2D eigenvalue weighted by atomic mass is 9.81. The fourth-order valence-corrected chi connectivity index (χ4v) is 8.57. The first-order chi connectivity index (χ1) is 12.9. The van der Waals surface area contributed by atoms with Gasteiger partial charge in [-0.25, -0.2) is 0 Å². The summed E-state index contributed by atoms with van der Waals surface area (Å²) in [4.78, 5) is 40.0. The van der Waals surface area contributed by atoms with E-state index in [-0.39, 0.29) is 47.1 Å². The number of aliphatic hydroxyl groups is 1. The Bertz CT molecular complexity index is 1080. The van der Waals surface area contributed by atoms with E-state index in [0.717, 1.165) is 0 Å². The summed E-state index contributed by atoms with van der Waals surface area (Å²) >= 11 is 0. The van der Waals surface area contributed by atoms with Crippen LogP contribution in [-0.2, 0) is 4.79 Å². The van der Waals surface area contributed by atoms with E-state index in [1.807, 2.05) is 0 Å². The highest BCUT2D eigenvalue weighted by Gasteiger charge is 2.69. The van der Waals surface area contributed by atoms with Crippen LogP contribution in [0.3, 0.4) is 0 Å². The first-order valence-corrected chi connectivity index (χ1v) is 10.9. The van der Waals surface area contributed by atoms with Crippen molar-refractivity contribution in [3.63, 3.8) is 0 Å². The molecule has 138 valence electrons. The molecule has 4 aliphatic rings. The quantitative estimate of drug-likeness (QED) is 0.646. The maximum absolute atomic E-state index is 13.7. The zero-order valence-corrected chi connectivity index (χ0v) is 15.5. The second-order valence-electron chi connectivity index (χ2n) is 7.55. The Kier molecular flexibility index (Phi) is 2.91. The van der Waals surface area contributed by atoms with Crippen LogP contribution >= 0.6 is 21.6 Å². The van der Waals surface area contributed by atoms with E-state index in [1.165, 1.54) is 43.2 Å². The Morgan fingerprint density at radius 2 is 2.00 bits per heavy atom. The number of aliphatic hydroxyl groups excluding tert-OH is 1. The van der Waals surface area contributed by atoms with Crippen molar-refractivity contribution in [3.8, 4) is 5.75 Å². The number of aromatic hydroxyl groups is 1. The number of phenols is 1. The molecular weight excluding hydrogens is 388 g/mol. The van der Waals surface area contributed by atoms with Crippen LogP contribution in [0.5, 0.6) is 5.75 Å². The van der Waals surface area contributed by atoms with Gasteiger partial charge in [0.05, 0.1) is 22.9 Å². The summed E-state index contributed by atoms with van der Waals surface area (Å²) in [5.41, 5.74) is 0.775. The summed E-state index contributed by atoms with van der Waals surface area (Å²) in [6.07, 6.45) is -0.313. The van der Waals surface area contributed by atoms with Crippen LogP contribution in [0.15, 0.2) is 24.3 Å². The van der Waals surface area contributed by atoms with Crippen molar-refractivity contribution in [3.05, 3.63) is 30.0 Å². The van der Waals surface area contributed by atoms with Crippen LogP contribution < -0.4 is 0 Å². The van der Waals surface area contributed by atoms with Gasteiger partial charge in [-0.05, 0) is 24.3 Å². The van der Waals surface area contributed by atoms with Gasteiger partial charge in [-0.15, -0.1) is 0 Å². The van der Waals surface area contributed by atoms with Crippen LogP contribution in [0.1, 0.15) is 28.1 Å². The number of fused-ring (bicyclic) bond motifs is 4. The molecule has 1 amide bonds. The van der Waals surface area contributed by atoms with Crippen molar-refractivity contribution in [1.82, 2.24) is 9.47 Å². The maximum Gasteiger partial charge on any atom is 0.272 e. The van der Waals surface area contributed by atoms with Crippen molar-refractivity contribution < 1.29 is 24.6 Å². The third-order valence-electron chi connectivity index (χ3n) is 6.21. The Morgan fingerprint density at radius 3 is 2.81 bits per heavy atom. The average molecular weight is 402 g/mol. The zero-order chi connectivity index (χ0) is 18.7. The number of nitrogens with zero attached hydrogens (tertiary/aromatic N) is 2. The van der Waals surface area contributed by atoms with Gasteiger partial charge in [0.15, 0.2) is 4.87 Å². The molecule has 0 unspecified atom stereocenters. The summed E-state index contributed by atoms with van der Waals surface area (Å²) in [7, 11) is 2.65. The minimum absolute atomic E-state index is 0.0249. The van der Waals surface area contributed by atoms with Crippen molar-refractivity contribution in [2.75, 3.05) is 0 Å². The fourth-order valence-electron chi connectivity index (χ4n) is 5.03. The molecule has 4 heterocycles. The molecule has 1 aromatic carbocycles. The molecule has 1 saturated carbocycles. The van der Waals surface area contributed by atoms with E-state index < -0.39 is 22.9 Å². The topological polar surface area (TPSA) is 99.8 Å². The third-order valence-corrected chi connectivity index (χ3v) is 9.67. The van der Waals surface area contributed by atoms with Gasteiger partial charge in [-0.1, -0.05) is 21.6 Å². The maximum atomic E-state index is 13.7. The Balaban J connectivity index is 1.62. The number of rotatable bonds is 0. The molecule has 0 radical (unpaired) electrons. The van der Waals surface area contributed by atoms with Gasteiger partial charge in [-0.3, -0.25) is 19.0 Å². The second kappa shape index (κ2) is 4.89. The lowest BCUT2D eigenvalue weighted by molar-refractivity contribution is -0.128. The Hall–Kier alpha value is -1.97. The number of phenolic OH excluding ortho intramolecular Hbond substituents is 1. The Labute approximate surface area is 161 Å². The van der Waals surface area contributed by atoms with Crippen LogP contribution in [0.25, 0.3) is 10.9 Å². The molecule has 2 aromatic rings. The van der Waals surface area contributed by atoms with Gasteiger partial charge < -0.3 is 15.1 Å². The predicted molar refractivity (Wildman–Crippen MR) is 99.6 cm³/mol. The molecule has 3 aliphatic heterocycles. The average Bonchev–Trinajstić information content (AvgIpc) is 3.15. The highest BCUT2D eigenvalue weighted by molar-refractivity contribution is 8.77. The van der Waals surface area contributed by atoms with Crippen LogP contribution in [0, 0.1) is 5.92 Å². The van der Waals surface area contributed by atoms with E-state index in [4.69, 9.17) is 0 Å². The number of benzene rings is 1. The highest BCUT2D eigenvalue weighted by Crippen LogP contribution is 2.61. The molecule has 6 rings (SSSR count). The number of amides is 1. The van der Waals surface area contributed by atoms with E-state index in [1.54, 1.807) is 12.1 Å². The lowest BCUT2D eigenvalue weighted by Crippen LogP contribution is -2.61. The Morgan fingerprint density at radius 1 is 1.19 bits per heavy atom. The van der Waals surface area contributed by atoms with Gasteiger partial charge in [0, 0.05) is 24.1 Å². The first-order valence-electron chi connectivity index (χ1n) is 8.70. The number of carbonyl (C=O) groups is 3.